The van der Waals surface area contributed by atoms with E-state index >= 15 is 0 Å². The third kappa shape index (κ3) is 3.17. The van der Waals surface area contributed by atoms with Crippen molar-refractivity contribution in [3.8, 4) is 0 Å². The van der Waals surface area contributed by atoms with Crippen LogP contribution in [-0.4, -0.2) is 15.8 Å². The summed E-state index contributed by atoms with van der Waals surface area (Å²) in [7, 11) is 0. The van der Waals surface area contributed by atoms with Crippen LogP contribution in [0.15, 0.2) is 11.0 Å². The first kappa shape index (κ1) is 15.4. The van der Waals surface area contributed by atoms with Crippen molar-refractivity contribution < 1.29 is 0 Å². The van der Waals surface area contributed by atoms with Crippen LogP contribution in [0.4, 0.5) is 5.69 Å². The van der Waals surface area contributed by atoms with Crippen molar-refractivity contribution in [3.63, 3.8) is 0 Å². The smallest absolute Gasteiger partial charge is 0.287 e. The largest absolute Gasteiger partial charge is 0.379 e. The second kappa shape index (κ2) is 6.61. The molecule has 1 fully saturated rings. The topological polar surface area (TPSA) is 46.9 Å². The van der Waals surface area contributed by atoms with Crippen LogP contribution in [0, 0.1) is 11.8 Å². The average Bonchev–Trinajstić information content (AvgIpc) is 2.75. The van der Waals surface area contributed by atoms with Crippen molar-refractivity contribution in [3.05, 3.63) is 21.6 Å². The van der Waals surface area contributed by atoms with Gasteiger partial charge in [-0.05, 0) is 31.1 Å². The van der Waals surface area contributed by atoms with Crippen LogP contribution in [0.5, 0.6) is 0 Å². The summed E-state index contributed by atoms with van der Waals surface area (Å²) in [5, 5.41) is 7.89. The molecule has 0 saturated heterocycles. The number of anilines is 1. The average molecular weight is 298 g/mol. The zero-order valence-corrected chi connectivity index (χ0v) is 13.3. The van der Waals surface area contributed by atoms with E-state index in [1.807, 2.05) is 0 Å². The standard InChI is InChI=1S/C15H24ClN3O/c1-4-5-8-19-15(20)14(16)13(9-17-19)18-12-7-6-10(2)11(12)3/h9-12,18H,4-8H2,1-3H3. The predicted octanol–water partition coefficient (Wildman–Crippen LogP) is 3.54. The highest BCUT2D eigenvalue weighted by Crippen LogP contribution is 2.33. The molecule has 3 atom stereocenters. The summed E-state index contributed by atoms with van der Waals surface area (Å²) >= 11 is 6.20. The van der Waals surface area contributed by atoms with Gasteiger partial charge in [0.2, 0.25) is 0 Å². The lowest BCUT2D eigenvalue weighted by Crippen LogP contribution is -2.28. The van der Waals surface area contributed by atoms with E-state index in [0.29, 0.717) is 30.1 Å². The lowest BCUT2D eigenvalue weighted by Gasteiger charge is -2.21. The number of nitrogens with zero attached hydrogens (tertiary/aromatic N) is 2. The van der Waals surface area contributed by atoms with Gasteiger partial charge in [0.05, 0.1) is 11.9 Å². The van der Waals surface area contributed by atoms with E-state index in [2.05, 4.69) is 31.2 Å². The predicted molar refractivity (Wildman–Crippen MR) is 83.4 cm³/mol. The van der Waals surface area contributed by atoms with E-state index < -0.39 is 0 Å². The highest BCUT2D eigenvalue weighted by atomic mass is 35.5. The molecule has 0 aliphatic heterocycles. The zero-order chi connectivity index (χ0) is 14.7. The van der Waals surface area contributed by atoms with Gasteiger partial charge in [-0.15, -0.1) is 0 Å². The highest BCUT2D eigenvalue weighted by Gasteiger charge is 2.30. The number of aryl methyl sites for hydroxylation is 1. The molecule has 112 valence electrons. The third-order valence-electron chi connectivity index (χ3n) is 4.51. The Hall–Kier alpha value is -1.03. The molecule has 3 unspecified atom stereocenters. The van der Waals surface area contributed by atoms with Crippen LogP contribution >= 0.6 is 11.6 Å². The lowest BCUT2D eigenvalue weighted by molar-refractivity contribution is 0.435. The van der Waals surface area contributed by atoms with E-state index in [1.54, 1.807) is 6.20 Å². The number of halogens is 1. The molecule has 1 aromatic heterocycles. The van der Waals surface area contributed by atoms with Crippen molar-refractivity contribution in [2.45, 2.75) is 59.0 Å². The minimum atomic E-state index is -0.191. The lowest BCUT2D eigenvalue weighted by atomic mass is 9.98. The number of hydrogen-bond acceptors (Lipinski definition) is 3. The molecule has 1 heterocycles. The Kier molecular flexibility index (Phi) is 5.08. The second-order valence-corrected chi connectivity index (χ2v) is 6.30. The van der Waals surface area contributed by atoms with E-state index in [4.69, 9.17) is 11.6 Å². The molecule has 1 saturated carbocycles. The van der Waals surface area contributed by atoms with Gasteiger partial charge in [0.1, 0.15) is 5.02 Å². The third-order valence-corrected chi connectivity index (χ3v) is 4.88. The van der Waals surface area contributed by atoms with Crippen LogP contribution in [0.25, 0.3) is 0 Å². The van der Waals surface area contributed by atoms with Gasteiger partial charge in [0.15, 0.2) is 0 Å². The first-order valence-corrected chi connectivity index (χ1v) is 7.94. The fourth-order valence-corrected chi connectivity index (χ4v) is 3.00. The normalized spacial score (nSPS) is 25.9. The summed E-state index contributed by atoms with van der Waals surface area (Å²) in [6.45, 7) is 7.24. The van der Waals surface area contributed by atoms with E-state index in [-0.39, 0.29) is 10.6 Å². The summed E-state index contributed by atoms with van der Waals surface area (Å²) in [5.74, 6) is 1.30. The number of rotatable bonds is 5. The van der Waals surface area contributed by atoms with Gasteiger partial charge >= 0.3 is 0 Å². The molecular formula is C15H24ClN3O. The molecule has 2 rings (SSSR count). The Morgan fingerprint density at radius 3 is 2.80 bits per heavy atom. The monoisotopic (exact) mass is 297 g/mol. The first-order valence-electron chi connectivity index (χ1n) is 7.56. The van der Waals surface area contributed by atoms with Crippen molar-refractivity contribution in [2.75, 3.05) is 5.32 Å². The fourth-order valence-electron chi connectivity index (χ4n) is 2.80. The van der Waals surface area contributed by atoms with Crippen LogP contribution in [0.1, 0.15) is 46.5 Å². The molecule has 0 radical (unpaired) electrons. The minimum Gasteiger partial charge on any atom is -0.379 e. The first-order chi connectivity index (χ1) is 9.54. The van der Waals surface area contributed by atoms with Crippen LogP contribution in [-0.2, 0) is 6.54 Å². The van der Waals surface area contributed by atoms with Gasteiger partial charge in [-0.3, -0.25) is 4.79 Å². The second-order valence-electron chi connectivity index (χ2n) is 5.92. The molecule has 0 amide bonds. The molecule has 1 aliphatic carbocycles. The quantitative estimate of drug-likeness (QED) is 0.904. The highest BCUT2D eigenvalue weighted by molar-refractivity contribution is 6.32. The Labute approximate surface area is 125 Å². The Morgan fingerprint density at radius 1 is 1.45 bits per heavy atom. The minimum absolute atomic E-state index is 0.191. The molecule has 20 heavy (non-hydrogen) atoms. The fraction of sp³-hybridized carbons (Fsp3) is 0.733. The number of hydrogen-bond donors (Lipinski definition) is 1. The van der Waals surface area contributed by atoms with Crippen molar-refractivity contribution in [1.82, 2.24) is 9.78 Å². The van der Waals surface area contributed by atoms with E-state index in [1.165, 1.54) is 11.1 Å². The number of nitrogens with one attached hydrogen (secondary N) is 1. The van der Waals surface area contributed by atoms with Crippen molar-refractivity contribution >= 4 is 17.3 Å². The molecule has 0 spiro atoms. The molecule has 4 nitrogen and oxygen atoms in total. The molecule has 0 aromatic carbocycles. The summed E-state index contributed by atoms with van der Waals surface area (Å²) in [6, 6.07) is 0.384. The molecule has 0 bridgehead atoms. The van der Waals surface area contributed by atoms with E-state index in [0.717, 1.165) is 19.3 Å². The van der Waals surface area contributed by atoms with Gasteiger partial charge in [0, 0.05) is 12.6 Å². The number of aromatic nitrogens is 2. The molecule has 1 aliphatic rings. The van der Waals surface area contributed by atoms with Crippen molar-refractivity contribution in [2.24, 2.45) is 11.8 Å². The van der Waals surface area contributed by atoms with Crippen LogP contribution in [0.3, 0.4) is 0 Å². The SMILES string of the molecule is CCCCn1ncc(NC2CCC(C)C2C)c(Cl)c1=O. The number of unbranched alkanes of at least 4 members (excludes halogenated alkanes) is 1. The van der Waals surface area contributed by atoms with Gasteiger partial charge in [-0.2, -0.15) is 5.10 Å². The Balaban J connectivity index is 2.13. The summed E-state index contributed by atoms with van der Waals surface area (Å²) in [5.41, 5.74) is 0.485. The zero-order valence-electron chi connectivity index (χ0n) is 12.5. The van der Waals surface area contributed by atoms with Gasteiger partial charge in [-0.25, -0.2) is 4.68 Å². The molecular weight excluding hydrogens is 274 g/mol. The molecule has 1 N–H and O–H groups in total. The Morgan fingerprint density at radius 2 is 2.20 bits per heavy atom. The molecule has 1 aromatic rings. The maximum absolute atomic E-state index is 12.1. The van der Waals surface area contributed by atoms with Gasteiger partial charge in [-0.1, -0.05) is 38.8 Å². The molecule has 5 heteroatoms. The Bertz CT molecular complexity index is 514. The van der Waals surface area contributed by atoms with Crippen LogP contribution < -0.4 is 10.9 Å². The van der Waals surface area contributed by atoms with Gasteiger partial charge < -0.3 is 5.32 Å². The van der Waals surface area contributed by atoms with Crippen LogP contribution in [0.2, 0.25) is 5.02 Å². The maximum atomic E-state index is 12.1. The summed E-state index contributed by atoms with van der Waals surface area (Å²) < 4.78 is 1.46. The van der Waals surface area contributed by atoms with Crippen molar-refractivity contribution in [1.29, 1.82) is 0 Å². The summed E-state index contributed by atoms with van der Waals surface area (Å²) in [4.78, 5) is 12.1. The van der Waals surface area contributed by atoms with Gasteiger partial charge in [0.25, 0.3) is 5.56 Å². The van der Waals surface area contributed by atoms with E-state index in [9.17, 15) is 4.79 Å². The maximum Gasteiger partial charge on any atom is 0.287 e. The summed E-state index contributed by atoms with van der Waals surface area (Å²) in [6.07, 6.45) is 6.00.